The van der Waals surface area contributed by atoms with E-state index in [0.29, 0.717) is 30.6 Å². The highest BCUT2D eigenvalue weighted by Gasteiger charge is 2.15. The van der Waals surface area contributed by atoms with Crippen LogP contribution in [0, 0.1) is 6.92 Å². The van der Waals surface area contributed by atoms with E-state index in [0.717, 1.165) is 24.5 Å². The Morgan fingerprint density at radius 3 is 2.95 bits per heavy atom. The maximum absolute atomic E-state index is 12.0. The fourth-order valence-electron chi connectivity index (χ4n) is 2.28. The summed E-state index contributed by atoms with van der Waals surface area (Å²) in [4.78, 5) is 23.8. The van der Waals surface area contributed by atoms with Crippen molar-refractivity contribution in [2.24, 2.45) is 0 Å². The van der Waals surface area contributed by atoms with Crippen LogP contribution in [-0.4, -0.2) is 42.2 Å². The Bertz CT molecular complexity index is 639. The van der Waals surface area contributed by atoms with Crippen LogP contribution in [0.2, 0.25) is 0 Å². The molecule has 1 fully saturated rings. The van der Waals surface area contributed by atoms with Crippen LogP contribution < -0.4 is 10.2 Å². The van der Waals surface area contributed by atoms with E-state index in [1.807, 2.05) is 30.5 Å². The lowest BCUT2D eigenvalue weighted by molar-refractivity contribution is 0.0954. The Kier molecular flexibility index (Phi) is 4.65. The number of aromatic nitrogens is 2. The zero-order valence-electron chi connectivity index (χ0n) is 12.4. The number of aryl methyl sites for hydroxylation is 1. The van der Waals surface area contributed by atoms with Crippen LogP contribution in [-0.2, 0) is 11.3 Å². The van der Waals surface area contributed by atoms with Gasteiger partial charge in [0.1, 0.15) is 0 Å². The largest absolute Gasteiger partial charge is 0.378 e. The summed E-state index contributed by atoms with van der Waals surface area (Å²) < 4.78 is 5.35. The molecule has 0 spiro atoms. The first-order chi connectivity index (χ1) is 10.7. The number of hydrogen-bond acceptors (Lipinski definition) is 6. The van der Waals surface area contributed by atoms with Crippen LogP contribution in [0.15, 0.2) is 23.6 Å². The van der Waals surface area contributed by atoms with Crippen molar-refractivity contribution < 1.29 is 9.53 Å². The van der Waals surface area contributed by atoms with Gasteiger partial charge < -0.3 is 15.0 Å². The maximum Gasteiger partial charge on any atom is 0.261 e. The van der Waals surface area contributed by atoms with Crippen molar-refractivity contribution in [2.75, 3.05) is 31.2 Å². The Morgan fingerprint density at radius 2 is 2.23 bits per heavy atom. The first kappa shape index (κ1) is 14.9. The molecule has 0 aromatic carbocycles. The highest BCUT2D eigenvalue weighted by atomic mass is 32.1. The minimum Gasteiger partial charge on any atom is -0.378 e. The van der Waals surface area contributed by atoms with Crippen molar-refractivity contribution in [1.29, 1.82) is 0 Å². The molecule has 1 amide bonds. The first-order valence-corrected chi connectivity index (χ1v) is 8.09. The number of nitrogens with one attached hydrogen (secondary N) is 1. The van der Waals surface area contributed by atoms with Crippen LogP contribution in [0.5, 0.6) is 0 Å². The first-order valence-electron chi connectivity index (χ1n) is 7.21. The summed E-state index contributed by atoms with van der Waals surface area (Å²) >= 11 is 1.43. The summed E-state index contributed by atoms with van der Waals surface area (Å²) in [5, 5.41) is 4.79. The predicted molar refractivity (Wildman–Crippen MR) is 85.3 cm³/mol. The van der Waals surface area contributed by atoms with Gasteiger partial charge in [-0.15, -0.1) is 11.3 Å². The topological polar surface area (TPSA) is 67.4 Å². The van der Waals surface area contributed by atoms with Gasteiger partial charge in [0, 0.05) is 18.8 Å². The zero-order valence-corrected chi connectivity index (χ0v) is 13.2. The van der Waals surface area contributed by atoms with Crippen molar-refractivity contribution in [3.8, 4) is 0 Å². The quantitative estimate of drug-likeness (QED) is 0.928. The molecule has 2 aromatic rings. The van der Waals surface area contributed by atoms with Gasteiger partial charge in [0.2, 0.25) is 5.95 Å². The molecule has 1 saturated heterocycles. The van der Waals surface area contributed by atoms with Gasteiger partial charge >= 0.3 is 0 Å². The molecule has 6 nitrogen and oxygen atoms in total. The van der Waals surface area contributed by atoms with Gasteiger partial charge in [0.05, 0.1) is 30.3 Å². The third-order valence-electron chi connectivity index (χ3n) is 3.36. The molecule has 1 N–H and O–H groups in total. The van der Waals surface area contributed by atoms with Gasteiger partial charge in [-0.3, -0.25) is 4.79 Å². The zero-order chi connectivity index (χ0) is 15.4. The highest BCUT2D eigenvalue weighted by Crippen LogP contribution is 2.13. The minimum atomic E-state index is -0.0702. The van der Waals surface area contributed by atoms with E-state index in [1.165, 1.54) is 11.3 Å². The maximum atomic E-state index is 12.0. The molecule has 1 aliphatic rings. The van der Waals surface area contributed by atoms with Crippen molar-refractivity contribution in [3.05, 3.63) is 39.8 Å². The smallest absolute Gasteiger partial charge is 0.261 e. The standard InChI is InChI=1S/C15H18N4O2S/c1-11-9-12(10-16-14(20)13-3-2-8-22-13)18-15(17-11)19-4-6-21-7-5-19/h2-3,8-9H,4-7,10H2,1H3,(H,16,20). The molecule has 116 valence electrons. The van der Waals surface area contributed by atoms with E-state index in [2.05, 4.69) is 20.2 Å². The lowest BCUT2D eigenvalue weighted by atomic mass is 10.3. The third-order valence-corrected chi connectivity index (χ3v) is 4.23. The lowest BCUT2D eigenvalue weighted by Crippen LogP contribution is -2.37. The number of anilines is 1. The average molecular weight is 318 g/mol. The number of carbonyl (C=O) groups is 1. The number of hydrogen-bond donors (Lipinski definition) is 1. The summed E-state index contributed by atoms with van der Waals surface area (Å²) in [5.41, 5.74) is 1.72. The van der Waals surface area contributed by atoms with E-state index in [-0.39, 0.29) is 5.91 Å². The average Bonchev–Trinajstić information content (AvgIpc) is 3.07. The van der Waals surface area contributed by atoms with Gasteiger partial charge in [-0.25, -0.2) is 9.97 Å². The number of carbonyl (C=O) groups excluding carboxylic acids is 1. The predicted octanol–water partition coefficient (Wildman–Crippen LogP) is 1.61. The van der Waals surface area contributed by atoms with E-state index in [9.17, 15) is 4.79 Å². The van der Waals surface area contributed by atoms with Gasteiger partial charge in [0.25, 0.3) is 5.91 Å². The molecule has 2 aromatic heterocycles. The summed E-state index contributed by atoms with van der Waals surface area (Å²) in [6, 6.07) is 5.58. The van der Waals surface area contributed by atoms with Gasteiger partial charge in [-0.2, -0.15) is 0 Å². The van der Waals surface area contributed by atoms with Gasteiger partial charge in [0.15, 0.2) is 0 Å². The van der Waals surface area contributed by atoms with Crippen molar-refractivity contribution in [2.45, 2.75) is 13.5 Å². The van der Waals surface area contributed by atoms with Crippen molar-refractivity contribution in [3.63, 3.8) is 0 Å². The van der Waals surface area contributed by atoms with E-state index < -0.39 is 0 Å². The Hall–Kier alpha value is -1.99. The van der Waals surface area contributed by atoms with Crippen LogP contribution in [0.25, 0.3) is 0 Å². The lowest BCUT2D eigenvalue weighted by Gasteiger charge is -2.27. The third kappa shape index (κ3) is 3.61. The molecular formula is C15H18N4O2S. The molecule has 0 saturated carbocycles. The number of morpholine rings is 1. The summed E-state index contributed by atoms with van der Waals surface area (Å²) in [6.07, 6.45) is 0. The van der Waals surface area contributed by atoms with Crippen LogP contribution in [0.3, 0.4) is 0 Å². The summed E-state index contributed by atoms with van der Waals surface area (Å²) in [5.74, 6) is 0.642. The monoisotopic (exact) mass is 318 g/mol. The Labute approximate surface area is 133 Å². The SMILES string of the molecule is Cc1cc(CNC(=O)c2cccs2)nc(N2CCOCC2)n1. The fraction of sp³-hybridized carbons (Fsp3) is 0.400. The van der Waals surface area contributed by atoms with E-state index in [4.69, 9.17) is 4.74 Å². The number of thiophene rings is 1. The number of amides is 1. The second kappa shape index (κ2) is 6.85. The highest BCUT2D eigenvalue weighted by molar-refractivity contribution is 7.12. The molecule has 0 radical (unpaired) electrons. The molecule has 3 rings (SSSR count). The molecule has 0 atom stereocenters. The van der Waals surface area contributed by atoms with Crippen LogP contribution >= 0.6 is 11.3 Å². The number of rotatable bonds is 4. The molecule has 0 bridgehead atoms. The molecule has 0 unspecified atom stereocenters. The van der Waals surface area contributed by atoms with Crippen molar-refractivity contribution >= 4 is 23.2 Å². The van der Waals surface area contributed by atoms with Gasteiger partial charge in [-0.05, 0) is 24.4 Å². The van der Waals surface area contributed by atoms with E-state index >= 15 is 0 Å². The molecule has 0 aliphatic carbocycles. The second-order valence-corrected chi connectivity index (χ2v) is 6.01. The molecule has 1 aliphatic heterocycles. The van der Waals surface area contributed by atoms with Crippen LogP contribution in [0.4, 0.5) is 5.95 Å². The summed E-state index contributed by atoms with van der Waals surface area (Å²) in [7, 11) is 0. The Morgan fingerprint density at radius 1 is 1.41 bits per heavy atom. The van der Waals surface area contributed by atoms with Crippen molar-refractivity contribution in [1.82, 2.24) is 15.3 Å². The Balaban J connectivity index is 1.68. The molecule has 7 heteroatoms. The fourth-order valence-corrected chi connectivity index (χ4v) is 2.92. The normalized spacial score (nSPS) is 14.9. The summed E-state index contributed by atoms with van der Waals surface area (Å²) in [6.45, 7) is 5.33. The molecule has 3 heterocycles. The number of nitrogens with zero attached hydrogens (tertiary/aromatic N) is 3. The van der Waals surface area contributed by atoms with Gasteiger partial charge in [-0.1, -0.05) is 6.07 Å². The van der Waals surface area contributed by atoms with Crippen LogP contribution in [0.1, 0.15) is 21.1 Å². The molecular weight excluding hydrogens is 300 g/mol. The second-order valence-electron chi connectivity index (χ2n) is 5.06. The number of ether oxygens (including phenoxy) is 1. The molecule has 22 heavy (non-hydrogen) atoms. The van der Waals surface area contributed by atoms with E-state index in [1.54, 1.807) is 0 Å². The minimum absolute atomic E-state index is 0.0702.